The fourth-order valence-corrected chi connectivity index (χ4v) is 3.13. The van der Waals surface area contributed by atoms with Crippen LogP contribution >= 0.6 is 39.1 Å². The van der Waals surface area contributed by atoms with Crippen LogP contribution in [0.5, 0.6) is 5.75 Å². The Morgan fingerprint density at radius 3 is 2.29 bits per heavy atom. The second-order valence-electron chi connectivity index (χ2n) is 5.01. The second kappa shape index (κ2) is 8.07. The molecule has 0 aliphatic carbocycles. The Hall–Kier alpha value is -0.700. The summed E-state index contributed by atoms with van der Waals surface area (Å²) in [5.74, 6) is 1.36. The third-order valence-electron chi connectivity index (χ3n) is 3.41. The first kappa shape index (κ1) is 16.7. The van der Waals surface area contributed by atoms with E-state index in [9.17, 15) is 0 Å². The van der Waals surface area contributed by atoms with Gasteiger partial charge in [-0.05, 0) is 60.2 Å². The predicted molar refractivity (Wildman–Crippen MR) is 94.1 cm³/mol. The van der Waals surface area contributed by atoms with Crippen molar-refractivity contribution in [1.82, 2.24) is 0 Å². The van der Waals surface area contributed by atoms with Crippen LogP contribution in [0.4, 0.5) is 0 Å². The lowest BCUT2D eigenvalue weighted by Crippen LogP contribution is -2.10. The van der Waals surface area contributed by atoms with Gasteiger partial charge in [0, 0.05) is 15.4 Å². The molecule has 112 valence electrons. The highest BCUT2D eigenvalue weighted by Crippen LogP contribution is 2.27. The lowest BCUT2D eigenvalue weighted by molar-refractivity contribution is 0.406. The van der Waals surface area contributed by atoms with Crippen molar-refractivity contribution in [3.63, 3.8) is 0 Å². The molecular weight excluding hydrogens is 371 g/mol. The lowest BCUT2D eigenvalue weighted by atomic mass is 9.94. The van der Waals surface area contributed by atoms with Gasteiger partial charge in [-0.3, -0.25) is 0 Å². The van der Waals surface area contributed by atoms with Gasteiger partial charge in [0.05, 0.1) is 7.11 Å². The molecule has 0 aliphatic heterocycles. The Balaban J connectivity index is 2.11. The van der Waals surface area contributed by atoms with E-state index in [4.69, 9.17) is 27.9 Å². The minimum absolute atomic E-state index is 0.471. The van der Waals surface area contributed by atoms with Gasteiger partial charge in [-0.25, -0.2) is 0 Å². The van der Waals surface area contributed by atoms with Gasteiger partial charge < -0.3 is 4.74 Å². The van der Waals surface area contributed by atoms with E-state index in [2.05, 4.69) is 28.1 Å². The summed E-state index contributed by atoms with van der Waals surface area (Å²) < 4.78 is 5.42. The van der Waals surface area contributed by atoms with Gasteiger partial charge in [0.25, 0.3) is 0 Å². The van der Waals surface area contributed by atoms with Crippen LogP contribution in [0.15, 0.2) is 42.5 Å². The van der Waals surface area contributed by atoms with E-state index in [-0.39, 0.29) is 0 Å². The zero-order valence-corrected chi connectivity index (χ0v) is 14.9. The Morgan fingerprint density at radius 1 is 1.00 bits per heavy atom. The molecule has 0 aromatic heterocycles. The lowest BCUT2D eigenvalue weighted by Gasteiger charge is -2.16. The maximum atomic E-state index is 6.10. The number of alkyl halides is 1. The van der Waals surface area contributed by atoms with Crippen LogP contribution in [-0.2, 0) is 12.8 Å². The maximum Gasteiger partial charge on any atom is 0.122 e. The topological polar surface area (TPSA) is 9.23 Å². The number of benzene rings is 2. The Labute approximate surface area is 144 Å². The highest BCUT2D eigenvalue weighted by Gasteiger charge is 2.13. The third-order valence-corrected chi connectivity index (χ3v) is 4.81. The summed E-state index contributed by atoms with van der Waals surface area (Å²) in [5, 5.41) is 2.43. The van der Waals surface area contributed by atoms with Crippen LogP contribution in [0.1, 0.15) is 11.1 Å². The molecule has 0 bridgehead atoms. The number of ether oxygens (including phenoxy) is 1. The summed E-state index contributed by atoms with van der Waals surface area (Å²) in [6.07, 6.45) is 1.90. The molecule has 0 radical (unpaired) electrons. The summed E-state index contributed by atoms with van der Waals surface area (Å²) in [5.41, 5.74) is 2.42. The average molecular weight is 388 g/mol. The number of hydrogen-bond donors (Lipinski definition) is 0. The molecule has 2 aromatic rings. The molecule has 0 aliphatic rings. The molecule has 2 rings (SSSR count). The molecule has 0 heterocycles. The van der Waals surface area contributed by atoms with Crippen LogP contribution in [0.2, 0.25) is 10.0 Å². The molecule has 2 aromatic carbocycles. The van der Waals surface area contributed by atoms with Gasteiger partial charge in [-0.2, -0.15) is 0 Å². The minimum atomic E-state index is 0.471. The molecule has 0 N–H and O–H groups in total. The van der Waals surface area contributed by atoms with E-state index < -0.39 is 0 Å². The second-order valence-corrected chi connectivity index (χ2v) is 6.53. The average Bonchev–Trinajstić information content (AvgIpc) is 2.49. The van der Waals surface area contributed by atoms with Gasteiger partial charge >= 0.3 is 0 Å². The quantitative estimate of drug-likeness (QED) is 0.569. The predicted octanol–water partition coefficient (Wildman–Crippen LogP) is 5.80. The van der Waals surface area contributed by atoms with Crippen molar-refractivity contribution >= 4 is 39.1 Å². The number of rotatable bonds is 6. The van der Waals surface area contributed by atoms with Crippen molar-refractivity contribution < 1.29 is 4.74 Å². The molecule has 1 atom stereocenters. The van der Waals surface area contributed by atoms with Gasteiger partial charge in [-0.1, -0.05) is 51.3 Å². The van der Waals surface area contributed by atoms with Crippen LogP contribution < -0.4 is 4.74 Å². The molecule has 0 amide bonds. The normalized spacial score (nSPS) is 12.2. The summed E-state index contributed by atoms with van der Waals surface area (Å²) in [6, 6.07) is 13.8. The van der Waals surface area contributed by atoms with Crippen LogP contribution in [0.25, 0.3) is 0 Å². The molecule has 1 nitrogen and oxygen atoms in total. The largest absolute Gasteiger partial charge is 0.496 e. The first-order valence-corrected chi connectivity index (χ1v) is 8.63. The van der Waals surface area contributed by atoms with Crippen LogP contribution in [-0.4, -0.2) is 12.4 Å². The van der Waals surface area contributed by atoms with Crippen molar-refractivity contribution in [1.29, 1.82) is 0 Å². The van der Waals surface area contributed by atoms with E-state index in [0.717, 1.165) is 39.5 Å². The SMILES string of the molecule is COc1ccc(Cl)cc1CC(CBr)Cc1ccc(Cl)cc1. The number of hydrogen-bond acceptors (Lipinski definition) is 1. The molecular formula is C17H17BrCl2O. The minimum Gasteiger partial charge on any atom is -0.496 e. The Kier molecular flexibility index (Phi) is 6.40. The highest BCUT2D eigenvalue weighted by atomic mass is 79.9. The van der Waals surface area contributed by atoms with Crippen molar-refractivity contribution in [2.24, 2.45) is 5.92 Å². The molecule has 0 fully saturated rings. The Bertz CT molecular complexity index is 584. The van der Waals surface area contributed by atoms with Crippen LogP contribution in [0.3, 0.4) is 0 Å². The van der Waals surface area contributed by atoms with Gasteiger partial charge in [0.15, 0.2) is 0 Å². The summed E-state index contributed by atoms with van der Waals surface area (Å²) in [4.78, 5) is 0. The zero-order valence-electron chi connectivity index (χ0n) is 11.8. The summed E-state index contributed by atoms with van der Waals surface area (Å²) in [6.45, 7) is 0. The van der Waals surface area contributed by atoms with E-state index in [1.54, 1.807) is 7.11 Å². The van der Waals surface area contributed by atoms with Crippen LogP contribution in [0, 0.1) is 5.92 Å². The molecule has 0 saturated heterocycles. The standard InChI is InChI=1S/C17H17BrCl2O/c1-21-17-7-6-16(20)10-14(17)9-13(11-18)8-12-2-4-15(19)5-3-12/h2-7,10,13H,8-9,11H2,1H3. The van der Waals surface area contributed by atoms with Gasteiger partial charge in [-0.15, -0.1) is 0 Å². The van der Waals surface area contributed by atoms with Crippen molar-refractivity contribution in [3.05, 3.63) is 63.6 Å². The summed E-state index contributed by atoms with van der Waals surface area (Å²) in [7, 11) is 1.69. The molecule has 0 spiro atoms. The highest BCUT2D eigenvalue weighted by molar-refractivity contribution is 9.09. The smallest absolute Gasteiger partial charge is 0.122 e. The van der Waals surface area contributed by atoms with Crippen molar-refractivity contribution in [2.45, 2.75) is 12.8 Å². The Morgan fingerprint density at radius 2 is 1.67 bits per heavy atom. The molecule has 4 heteroatoms. The molecule has 1 unspecified atom stereocenters. The first-order valence-electron chi connectivity index (χ1n) is 6.75. The monoisotopic (exact) mass is 386 g/mol. The van der Waals surface area contributed by atoms with E-state index >= 15 is 0 Å². The molecule has 21 heavy (non-hydrogen) atoms. The zero-order chi connectivity index (χ0) is 15.2. The van der Waals surface area contributed by atoms with Crippen molar-refractivity contribution in [2.75, 3.05) is 12.4 Å². The van der Waals surface area contributed by atoms with E-state index in [0.29, 0.717) is 5.92 Å². The number of halogens is 3. The van der Waals surface area contributed by atoms with Gasteiger partial charge in [0.2, 0.25) is 0 Å². The van der Waals surface area contributed by atoms with E-state index in [1.807, 2.05) is 30.3 Å². The third kappa shape index (κ3) is 4.91. The fourth-order valence-electron chi connectivity index (χ4n) is 2.35. The summed E-state index contributed by atoms with van der Waals surface area (Å²) >= 11 is 15.6. The first-order chi connectivity index (χ1) is 10.1. The van der Waals surface area contributed by atoms with Crippen molar-refractivity contribution in [3.8, 4) is 5.75 Å². The van der Waals surface area contributed by atoms with Gasteiger partial charge in [0.1, 0.15) is 5.75 Å². The maximum absolute atomic E-state index is 6.10. The fraction of sp³-hybridized carbons (Fsp3) is 0.294. The molecule has 0 saturated carbocycles. The van der Waals surface area contributed by atoms with E-state index in [1.165, 1.54) is 5.56 Å². The number of methoxy groups -OCH3 is 1.